The highest BCUT2D eigenvalue weighted by Crippen LogP contribution is 2.28. The number of likely N-dealkylation sites (N-methyl/N-ethyl adjacent to an activating group) is 1. The SMILES string of the molecule is CCN(Cc1ccc(OC)c(OC)c1)C(=O)Cn1ncc2ccccc2c1=O. The number of benzene rings is 2. The number of aromatic nitrogens is 2. The number of amides is 1. The molecule has 7 nitrogen and oxygen atoms in total. The van der Waals surface area contributed by atoms with Crippen molar-refractivity contribution in [3.8, 4) is 11.5 Å². The lowest BCUT2D eigenvalue weighted by Gasteiger charge is -2.22. The normalized spacial score (nSPS) is 10.7. The van der Waals surface area contributed by atoms with Gasteiger partial charge in [-0.25, -0.2) is 4.68 Å². The van der Waals surface area contributed by atoms with Crippen molar-refractivity contribution in [2.45, 2.75) is 20.0 Å². The monoisotopic (exact) mass is 381 g/mol. The minimum atomic E-state index is -0.270. The average Bonchev–Trinajstić information content (AvgIpc) is 2.73. The second-order valence-corrected chi connectivity index (χ2v) is 6.29. The van der Waals surface area contributed by atoms with Gasteiger partial charge in [0.1, 0.15) is 6.54 Å². The third-order valence-corrected chi connectivity index (χ3v) is 4.60. The maximum atomic E-state index is 12.8. The highest BCUT2D eigenvalue weighted by atomic mass is 16.5. The highest BCUT2D eigenvalue weighted by molar-refractivity contribution is 5.81. The van der Waals surface area contributed by atoms with Crippen LogP contribution in [-0.2, 0) is 17.9 Å². The van der Waals surface area contributed by atoms with Gasteiger partial charge in [-0.05, 0) is 30.7 Å². The lowest BCUT2D eigenvalue weighted by atomic mass is 10.2. The average molecular weight is 381 g/mol. The van der Waals surface area contributed by atoms with Crippen LogP contribution in [0.2, 0.25) is 0 Å². The van der Waals surface area contributed by atoms with Crippen LogP contribution in [0, 0.1) is 0 Å². The summed E-state index contributed by atoms with van der Waals surface area (Å²) in [5.74, 6) is 1.06. The molecule has 0 aliphatic heterocycles. The number of hydrogen-bond donors (Lipinski definition) is 0. The molecule has 0 saturated heterocycles. The first kappa shape index (κ1) is 19.4. The smallest absolute Gasteiger partial charge is 0.275 e. The molecule has 0 atom stereocenters. The van der Waals surface area contributed by atoms with Gasteiger partial charge in [0.2, 0.25) is 5.91 Å². The molecule has 146 valence electrons. The zero-order chi connectivity index (χ0) is 20.1. The first-order valence-corrected chi connectivity index (χ1v) is 9.01. The minimum absolute atomic E-state index is 0.106. The van der Waals surface area contributed by atoms with Crippen LogP contribution in [0.25, 0.3) is 10.8 Å². The summed E-state index contributed by atoms with van der Waals surface area (Å²) >= 11 is 0. The lowest BCUT2D eigenvalue weighted by Crippen LogP contribution is -2.37. The van der Waals surface area contributed by atoms with Gasteiger partial charge in [-0.3, -0.25) is 9.59 Å². The van der Waals surface area contributed by atoms with Crippen LogP contribution >= 0.6 is 0 Å². The molecule has 0 saturated carbocycles. The molecule has 2 aromatic carbocycles. The van der Waals surface area contributed by atoms with Gasteiger partial charge >= 0.3 is 0 Å². The molecule has 3 rings (SSSR count). The van der Waals surface area contributed by atoms with E-state index in [9.17, 15) is 9.59 Å². The third kappa shape index (κ3) is 3.98. The van der Waals surface area contributed by atoms with Gasteiger partial charge in [-0.15, -0.1) is 0 Å². The standard InChI is InChI=1S/C21H23N3O4/c1-4-23(13-15-9-10-18(27-2)19(11-15)28-3)20(25)14-24-21(26)17-8-6-5-7-16(17)12-22-24/h5-12H,4,13-14H2,1-3H3. The van der Waals surface area contributed by atoms with E-state index in [2.05, 4.69) is 5.10 Å². The van der Waals surface area contributed by atoms with E-state index >= 15 is 0 Å². The fraction of sp³-hybridized carbons (Fsp3) is 0.286. The van der Waals surface area contributed by atoms with E-state index in [1.807, 2.05) is 37.3 Å². The molecule has 0 unspecified atom stereocenters. The number of fused-ring (bicyclic) bond motifs is 1. The largest absolute Gasteiger partial charge is 0.493 e. The summed E-state index contributed by atoms with van der Waals surface area (Å²) in [7, 11) is 3.15. The lowest BCUT2D eigenvalue weighted by molar-refractivity contribution is -0.132. The maximum absolute atomic E-state index is 12.8. The maximum Gasteiger partial charge on any atom is 0.275 e. The fourth-order valence-electron chi connectivity index (χ4n) is 3.04. The zero-order valence-corrected chi connectivity index (χ0v) is 16.2. The predicted octanol–water partition coefficient (Wildman–Crippen LogP) is 2.46. The number of ether oxygens (including phenoxy) is 2. The Kier molecular flexibility index (Phi) is 5.93. The van der Waals surface area contributed by atoms with Crippen LogP contribution < -0.4 is 15.0 Å². The molecule has 1 amide bonds. The highest BCUT2D eigenvalue weighted by Gasteiger charge is 2.16. The zero-order valence-electron chi connectivity index (χ0n) is 16.2. The minimum Gasteiger partial charge on any atom is -0.493 e. The van der Waals surface area contributed by atoms with E-state index in [0.29, 0.717) is 30.0 Å². The molecule has 28 heavy (non-hydrogen) atoms. The van der Waals surface area contributed by atoms with Crippen molar-refractivity contribution in [3.63, 3.8) is 0 Å². The molecule has 0 bridgehead atoms. The summed E-state index contributed by atoms with van der Waals surface area (Å²) in [6.45, 7) is 2.70. The molecule has 3 aromatic rings. The molecule has 0 aliphatic rings. The van der Waals surface area contributed by atoms with Gasteiger partial charge in [0.15, 0.2) is 11.5 Å². The summed E-state index contributed by atoms with van der Waals surface area (Å²) in [6, 6.07) is 12.7. The summed E-state index contributed by atoms with van der Waals surface area (Å²) in [5.41, 5.74) is 0.639. The van der Waals surface area contributed by atoms with Gasteiger partial charge in [-0.2, -0.15) is 5.10 Å². The van der Waals surface area contributed by atoms with E-state index in [1.54, 1.807) is 37.4 Å². The second kappa shape index (κ2) is 8.56. The molecular formula is C21H23N3O4. The molecular weight excluding hydrogens is 358 g/mol. The van der Waals surface area contributed by atoms with Crippen LogP contribution in [0.15, 0.2) is 53.5 Å². The Hall–Kier alpha value is -3.35. The van der Waals surface area contributed by atoms with E-state index < -0.39 is 0 Å². The summed E-state index contributed by atoms with van der Waals surface area (Å²) in [6.07, 6.45) is 1.61. The van der Waals surface area contributed by atoms with Crippen molar-refractivity contribution in [3.05, 3.63) is 64.6 Å². The topological polar surface area (TPSA) is 73.7 Å². The van der Waals surface area contributed by atoms with E-state index in [-0.39, 0.29) is 18.0 Å². The van der Waals surface area contributed by atoms with E-state index in [1.165, 1.54) is 4.68 Å². The van der Waals surface area contributed by atoms with Gasteiger partial charge in [0, 0.05) is 18.5 Å². The Morgan fingerprint density at radius 1 is 1.11 bits per heavy atom. The third-order valence-electron chi connectivity index (χ3n) is 4.60. The number of methoxy groups -OCH3 is 2. The Balaban J connectivity index is 1.79. The quantitative estimate of drug-likeness (QED) is 0.629. The van der Waals surface area contributed by atoms with Crippen LogP contribution in [0.4, 0.5) is 0 Å². The summed E-state index contributed by atoms with van der Waals surface area (Å²) < 4.78 is 11.8. The predicted molar refractivity (Wildman–Crippen MR) is 107 cm³/mol. The van der Waals surface area contributed by atoms with Crippen molar-refractivity contribution >= 4 is 16.7 Å². The van der Waals surface area contributed by atoms with Crippen molar-refractivity contribution in [2.24, 2.45) is 0 Å². The summed E-state index contributed by atoms with van der Waals surface area (Å²) in [4.78, 5) is 27.0. The molecule has 1 aromatic heterocycles. The fourth-order valence-corrected chi connectivity index (χ4v) is 3.04. The molecule has 0 fully saturated rings. The summed E-state index contributed by atoms with van der Waals surface area (Å²) in [5, 5.41) is 5.45. The van der Waals surface area contributed by atoms with E-state index in [4.69, 9.17) is 9.47 Å². The Morgan fingerprint density at radius 3 is 2.57 bits per heavy atom. The van der Waals surface area contributed by atoms with Crippen molar-refractivity contribution < 1.29 is 14.3 Å². The van der Waals surface area contributed by atoms with Crippen molar-refractivity contribution in [1.82, 2.24) is 14.7 Å². The number of rotatable bonds is 7. The molecule has 0 spiro atoms. The second-order valence-electron chi connectivity index (χ2n) is 6.29. The Morgan fingerprint density at radius 2 is 1.86 bits per heavy atom. The van der Waals surface area contributed by atoms with Crippen LogP contribution in [0.1, 0.15) is 12.5 Å². The number of nitrogens with zero attached hydrogens (tertiary/aromatic N) is 3. The van der Waals surface area contributed by atoms with Gasteiger partial charge in [0.05, 0.1) is 25.8 Å². The Labute approximate surface area is 163 Å². The number of carbonyl (C=O) groups excluding carboxylic acids is 1. The molecule has 7 heteroatoms. The van der Waals surface area contributed by atoms with Crippen molar-refractivity contribution in [2.75, 3.05) is 20.8 Å². The molecule has 0 N–H and O–H groups in total. The van der Waals surface area contributed by atoms with Gasteiger partial charge in [-0.1, -0.05) is 24.3 Å². The Bertz CT molecular complexity index is 1050. The van der Waals surface area contributed by atoms with Gasteiger partial charge in [0.25, 0.3) is 5.56 Å². The first-order chi connectivity index (χ1) is 13.6. The number of carbonyl (C=O) groups is 1. The van der Waals surface area contributed by atoms with E-state index in [0.717, 1.165) is 10.9 Å². The van der Waals surface area contributed by atoms with Crippen LogP contribution in [0.5, 0.6) is 11.5 Å². The molecule has 1 heterocycles. The first-order valence-electron chi connectivity index (χ1n) is 9.01. The molecule has 0 radical (unpaired) electrons. The van der Waals surface area contributed by atoms with Crippen LogP contribution in [-0.4, -0.2) is 41.4 Å². The van der Waals surface area contributed by atoms with Gasteiger partial charge < -0.3 is 14.4 Å². The molecule has 0 aliphatic carbocycles. The van der Waals surface area contributed by atoms with Crippen LogP contribution in [0.3, 0.4) is 0 Å². The van der Waals surface area contributed by atoms with Crippen molar-refractivity contribution in [1.29, 1.82) is 0 Å². The number of hydrogen-bond acceptors (Lipinski definition) is 5.